The lowest BCUT2D eigenvalue weighted by atomic mass is 9.95. The number of hydrogen-bond donors (Lipinski definition) is 1. The van der Waals surface area contributed by atoms with Gasteiger partial charge in [-0.25, -0.2) is 0 Å². The molecule has 2 unspecified atom stereocenters. The lowest BCUT2D eigenvalue weighted by Crippen LogP contribution is -2.44. The van der Waals surface area contributed by atoms with Gasteiger partial charge in [-0.05, 0) is 32.9 Å². The Kier molecular flexibility index (Phi) is 3.34. The summed E-state index contributed by atoms with van der Waals surface area (Å²) in [5.74, 6) is 0. The highest BCUT2D eigenvalue weighted by atomic mass is 15.1. The van der Waals surface area contributed by atoms with Gasteiger partial charge in [0, 0.05) is 12.1 Å². The number of rotatable bonds is 2. The van der Waals surface area contributed by atoms with Crippen LogP contribution in [0.3, 0.4) is 0 Å². The van der Waals surface area contributed by atoms with E-state index < -0.39 is 0 Å². The van der Waals surface area contributed by atoms with E-state index in [0.29, 0.717) is 6.04 Å². The van der Waals surface area contributed by atoms with Crippen molar-refractivity contribution in [2.24, 2.45) is 5.73 Å². The molecule has 1 rings (SSSR count). The summed E-state index contributed by atoms with van der Waals surface area (Å²) >= 11 is 0. The van der Waals surface area contributed by atoms with Crippen LogP contribution >= 0.6 is 0 Å². The van der Waals surface area contributed by atoms with Gasteiger partial charge in [-0.15, -0.1) is 0 Å². The van der Waals surface area contributed by atoms with Gasteiger partial charge in [0.25, 0.3) is 0 Å². The fourth-order valence-electron chi connectivity index (χ4n) is 1.87. The average molecular weight is 156 g/mol. The molecule has 0 amide bonds. The van der Waals surface area contributed by atoms with Gasteiger partial charge < -0.3 is 10.6 Å². The minimum atomic E-state index is 0.461. The van der Waals surface area contributed by atoms with Crippen LogP contribution in [0, 0.1) is 0 Å². The molecule has 0 aliphatic carbocycles. The third-order valence-electron chi connectivity index (χ3n) is 2.67. The molecule has 0 spiro atoms. The van der Waals surface area contributed by atoms with Gasteiger partial charge in [0.1, 0.15) is 0 Å². The van der Waals surface area contributed by atoms with E-state index >= 15 is 0 Å². The molecule has 1 aliphatic heterocycles. The zero-order valence-electron chi connectivity index (χ0n) is 7.71. The van der Waals surface area contributed by atoms with Crippen molar-refractivity contribution in [3.8, 4) is 0 Å². The molecule has 2 heteroatoms. The fourth-order valence-corrected chi connectivity index (χ4v) is 1.87. The highest BCUT2D eigenvalue weighted by Crippen LogP contribution is 2.17. The van der Waals surface area contributed by atoms with Crippen LogP contribution < -0.4 is 5.73 Å². The van der Waals surface area contributed by atoms with Crippen LogP contribution in [0.2, 0.25) is 0 Å². The highest BCUT2D eigenvalue weighted by Gasteiger charge is 2.22. The Balaban J connectivity index is 2.34. The van der Waals surface area contributed by atoms with Gasteiger partial charge in [-0.3, -0.25) is 0 Å². The first kappa shape index (κ1) is 9.01. The molecule has 0 saturated carbocycles. The van der Waals surface area contributed by atoms with Crippen molar-refractivity contribution >= 4 is 0 Å². The monoisotopic (exact) mass is 156 g/mol. The van der Waals surface area contributed by atoms with Crippen molar-refractivity contribution in [3.05, 3.63) is 0 Å². The Bertz CT molecular complexity index is 114. The van der Waals surface area contributed by atoms with Crippen molar-refractivity contribution in [3.63, 3.8) is 0 Å². The number of nitrogens with zero attached hydrogens (tertiary/aromatic N) is 1. The summed E-state index contributed by atoms with van der Waals surface area (Å²) in [5, 5.41) is 0. The van der Waals surface area contributed by atoms with Crippen LogP contribution in [0.25, 0.3) is 0 Å². The third kappa shape index (κ3) is 2.46. The van der Waals surface area contributed by atoms with Crippen LogP contribution in [0.4, 0.5) is 0 Å². The highest BCUT2D eigenvalue weighted by molar-refractivity contribution is 4.81. The number of piperidine rings is 1. The maximum absolute atomic E-state index is 5.89. The molecule has 11 heavy (non-hydrogen) atoms. The van der Waals surface area contributed by atoms with Crippen molar-refractivity contribution in [2.45, 2.75) is 44.7 Å². The normalized spacial score (nSPS) is 34.1. The topological polar surface area (TPSA) is 29.3 Å². The van der Waals surface area contributed by atoms with Gasteiger partial charge in [0.15, 0.2) is 0 Å². The number of likely N-dealkylation sites (tertiary alicyclic amines) is 1. The van der Waals surface area contributed by atoms with E-state index in [1.54, 1.807) is 0 Å². The van der Waals surface area contributed by atoms with Gasteiger partial charge >= 0.3 is 0 Å². The summed E-state index contributed by atoms with van der Waals surface area (Å²) in [6.07, 6.45) is 4.97. The smallest absolute Gasteiger partial charge is 0.0107 e. The van der Waals surface area contributed by atoms with Gasteiger partial charge in [-0.1, -0.05) is 13.3 Å². The molecule has 66 valence electrons. The van der Waals surface area contributed by atoms with Crippen LogP contribution in [0.1, 0.15) is 32.6 Å². The Morgan fingerprint density at radius 1 is 1.55 bits per heavy atom. The lowest BCUT2D eigenvalue weighted by molar-refractivity contribution is 0.161. The lowest BCUT2D eigenvalue weighted by Gasteiger charge is -2.35. The van der Waals surface area contributed by atoms with Crippen LogP contribution in [0.15, 0.2) is 0 Å². The molecule has 1 saturated heterocycles. The van der Waals surface area contributed by atoms with E-state index in [9.17, 15) is 0 Å². The SMILES string of the molecule is CCCC1CC(N)CCN1C. The third-order valence-corrected chi connectivity index (χ3v) is 2.67. The predicted octanol–water partition coefficient (Wildman–Crippen LogP) is 1.21. The summed E-state index contributed by atoms with van der Waals surface area (Å²) in [6, 6.07) is 1.21. The second kappa shape index (κ2) is 4.07. The maximum atomic E-state index is 5.89. The van der Waals surface area contributed by atoms with Crippen LogP contribution in [-0.2, 0) is 0 Å². The van der Waals surface area contributed by atoms with Gasteiger partial charge in [-0.2, -0.15) is 0 Å². The van der Waals surface area contributed by atoms with Crippen molar-refractivity contribution in [1.82, 2.24) is 4.90 Å². The zero-order chi connectivity index (χ0) is 8.27. The molecule has 2 atom stereocenters. The van der Waals surface area contributed by atoms with Crippen molar-refractivity contribution in [2.75, 3.05) is 13.6 Å². The molecule has 0 aromatic carbocycles. The molecule has 0 aromatic heterocycles. The fraction of sp³-hybridized carbons (Fsp3) is 1.00. The minimum absolute atomic E-state index is 0.461. The average Bonchev–Trinajstić information content (AvgIpc) is 1.98. The molecule has 2 nitrogen and oxygen atoms in total. The zero-order valence-corrected chi connectivity index (χ0v) is 7.71. The molecule has 2 N–H and O–H groups in total. The van der Waals surface area contributed by atoms with E-state index in [0.717, 1.165) is 6.04 Å². The van der Waals surface area contributed by atoms with E-state index in [1.165, 1.54) is 32.2 Å². The van der Waals surface area contributed by atoms with E-state index in [-0.39, 0.29) is 0 Å². The van der Waals surface area contributed by atoms with Crippen LogP contribution in [0.5, 0.6) is 0 Å². The minimum Gasteiger partial charge on any atom is -0.328 e. The Labute approximate surface area is 69.8 Å². The summed E-state index contributed by atoms with van der Waals surface area (Å²) in [5.41, 5.74) is 5.89. The Morgan fingerprint density at radius 3 is 2.91 bits per heavy atom. The van der Waals surface area contributed by atoms with E-state index in [4.69, 9.17) is 5.73 Å². The van der Waals surface area contributed by atoms with Crippen LogP contribution in [-0.4, -0.2) is 30.6 Å². The Hall–Kier alpha value is -0.0800. The molecule has 0 radical (unpaired) electrons. The second-order valence-corrected chi connectivity index (χ2v) is 3.71. The molecule has 0 aromatic rings. The number of hydrogen-bond acceptors (Lipinski definition) is 2. The molecular formula is C9H20N2. The standard InChI is InChI=1S/C9H20N2/c1-3-4-9-7-8(10)5-6-11(9)2/h8-9H,3-7,10H2,1-2H3. The summed E-state index contributed by atoms with van der Waals surface area (Å²) in [6.45, 7) is 3.43. The van der Waals surface area contributed by atoms with Crippen molar-refractivity contribution < 1.29 is 0 Å². The largest absolute Gasteiger partial charge is 0.328 e. The molecular weight excluding hydrogens is 136 g/mol. The molecule has 1 heterocycles. The predicted molar refractivity (Wildman–Crippen MR) is 48.5 cm³/mol. The second-order valence-electron chi connectivity index (χ2n) is 3.71. The van der Waals surface area contributed by atoms with Gasteiger partial charge in [0.05, 0.1) is 0 Å². The first-order valence-electron chi connectivity index (χ1n) is 4.70. The summed E-state index contributed by atoms with van der Waals surface area (Å²) < 4.78 is 0. The Morgan fingerprint density at radius 2 is 2.27 bits per heavy atom. The molecule has 1 aliphatic rings. The summed E-state index contributed by atoms with van der Waals surface area (Å²) in [4.78, 5) is 2.45. The van der Waals surface area contributed by atoms with Gasteiger partial charge in [0.2, 0.25) is 0 Å². The number of nitrogens with two attached hydrogens (primary N) is 1. The molecule has 0 bridgehead atoms. The molecule has 1 fully saturated rings. The first-order chi connectivity index (χ1) is 5.24. The maximum Gasteiger partial charge on any atom is 0.0107 e. The first-order valence-corrected chi connectivity index (χ1v) is 4.70. The van der Waals surface area contributed by atoms with Crippen molar-refractivity contribution in [1.29, 1.82) is 0 Å². The summed E-state index contributed by atoms with van der Waals surface area (Å²) in [7, 11) is 2.21. The quantitative estimate of drug-likeness (QED) is 0.651. The van der Waals surface area contributed by atoms with E-state index in [1.807, 2.05) is 0 Å². The van der Waals surface area contributed by atoms with E-state index in [2.05, 4.69) is 18.9 Å².